The highest BCUT2D eigenvalue weighted by Gasteiger charge is 2.17. The number of hydrogen-bond acceptors (Lipinski definition) is 5. The highest BCUT2D eigenvalue weighted by molar-refractivity contribution is 7.14. The first-order valence-electron chi connectivity index (χ1n) is 6.18. The largest absolute Gasteiger partial charge is 0.393 e. The van der Waals surface area contributed by atoms with Gasteiger partial charge in [0, 0.05) is 36.0 Å². The van der Waals surface area contributed by atoms with Crippen molar-refractivity contribution < 1.29 is 5.11 Å². The average Bonchev–Trinajstić information content (AvgIpc) is 3.02. The molecule has 1 aliphatic rings. The van der Waals surface area contributed by atoms with Gasteiger partial charge in [-0.2, -0.15) is 11.3 Å². The summed E-state index contributed by atoms with van der Waals surface area (Å²) in [6, 6.07) is 2.12. The minimum absolute atomic E-state index is 0.0990. The smallest absolute Gasteiger partial charge is 0.124 e. The zero-order valence-electron chi connectivity index (χ0n) is 10.1. The molecule has 0 amide bonds. The van der Waals surface area contributed by atoms with Crippen LogP contribution in [0.4, 0.5) is 0 Å². The summed E-state index contributed by atoms with van der Waals surface area (Å²) in [5.41, 5.74) is 2.38. The Morgan fingerprint density at radius 2 is 2.17 bits per heavy atom. The van der Waals surface area contributed by atoms with Gasteiger partial charge in [-0.25, -0.2) is 4.98 Å². The third-order valence-corrected chi connectivity index (χ3v) is 4.89. The molecule has 3 nitrogen and oxygen atoms in total. The van der Waals surface area contributed by atoms with Crippen LogP contribution in [-0.2, 0) is 6.54 Å². The monoisotopic (exact) mass is 280 g/mol. The fourth-order valence-electron chi connectivity index (χ4n) is 2.20. The highest BCUT2D eigenvalue weighted by Crippen LogP contribution is 2.26. The van der Waals surface area contributed by atoms with E-state index in [0.717, 1.165) is 43.2 Å². The summed E-state index contributed by atoms with van der Waals surface area (Å²) < 4.78 is 0. The zero-order chi connectivity index (χ0) is 12.4. The van der Waals surface area contributed by atoms with Gasteiger partial charge in [0.2, 0.25) is 0 Å². The van der Waals surface area contributed by atoms with Crippen molar-refractivity contribution in [2.24, 2.45) is 0 Å². The van der Waals surface area contributed by atoms with Crippen LogP contribution in [0, 0.1) is 0 Å². The molecule has 96 valence electrons. The number of hydrogen-bond donors (Lipinski definition) is 1. The Morgan fingerprint density at radius 3 is 2.89 bits per heavy atom. The van der Waals surface area contributed by atoms with Crippen LogP contribution in [0.1, 0.15) is 18.5 Å². The summed E-state index contributed by atoms with van der Waals surface area (Å²) in [6.45, 7) is 2.87. The van der Waals surface area contributed by atoms with E-state index in [1.807, 2.05) is 0 Å². The van der Waals surface area contributed by atoms with E-state index in [0.29, 0.717) is 0 Å². The number of rotatable bonds is 3. The van der Waals surface area contributed by atoms with Crippen LogP contribution in [0.2, 0.25) is 0 Å². The lowest BCUT2D eigenvalue weighted by atomic mass is 10.1. The fraction of sp³-hybridized carbons (Fsp3) is 0.462. The van der Waals surface area contributed by atoms with E-state index in [9.17, 15) is 5.11 Å². The van der Waals surface area contributed by atoms with E-state index in [2.05, 4.69) is 32.1 Å². The SMILES string of the molecule is OC1CCN(Cc2csc(-c3ccsc3)n2)CC1. The van der Waals surface area contributed by atoms with Crippen molar-refractivity contribution in [3.63, 3.8) is 0 Å². The fourth-order valence-corrected chi connectivity index (χ4v) is 3.73. The molecule has 2 aromatic rings. The van der Waals surface area contributed by atoms with Crippen molar-refractivity contribution in [3.8, 4) is 10.6 Å². The number of thiophene rings is 1. The van der Waals surface area contributed by atoms with Gasteiger partial charge >= 0.3 is 0 Å². The molecule has 0 aliphatic carbocycles. The van der Waals surface area contributed by atoms with E-state index >= 15 is 0 Å². The Balaban J connectivity index is 1.64. The molecule has 2 aromatic heterocycles. The third-order valence-electron chi connectivity index (χ3n) is 3.26. The number of likely N-dealkylation sites (tertiary alicyclic amines) is 1. The Morgan fingerprint density at radius 1 is 1.33 bits per heavy atom. The minimum Gasteiger partial charge on any atom is -0.393 e. The molecule has 3 rings (SSSR count). The Kier molecular flexibility index (Phi) is 3.75. The van der Waals surface area contributed by atoms with Gasteiger partial charge in [0.05, 0.1) is 11.8 Å². The second-order valence-electron chi connectivity index (χ2n) is 4.66. The molecular formula is C13H16N2OS2. The number of aliphatic hydroxyl groups excluding tert-OH is 1. The van der Waals surface area contributed by atoms with Gasteiger partial charge in [0.1, 0.15) is 5.01 Å². The molecule has 1 N–H and O–H groups in total. The van der Waals surface area contributed by atoms with Crippen LogP contribution >= 0.6 is 22.7 Å². The molecule has 0 radical (unpaired) electrons. The molecule has 1 aliphatic heterocycles. The first kappa shape index (κ1) is 12.3. The topological polar surface area (TPSA) is 36.4 Å². The molecule has 3 heterocycles. The van der Waals surface area contributed by atoms with Crippen molar-refractivity contribution in [1.82, 2.24) is 9.88 Å². The second-order valence-corrected chi connectivity index (χ2v) is 6.30. The van der Waals surface area contributed by atoms with Crippen LogP contribution in [0.15, 0.2) is 22.2 Å². The van der Waals surface area contributed by atoms with E-state index in [-0.39, 0.29) is 6.10 Å². The summed E-state index contributed by atoms with van der Waals surface area (Å²) in [7, 11) is 0. The van der Waals surface area contributed by atoms with E-state index in [1.54, 1.807) is 22.7 Å². The van der Waals surface area contributed by atoms with Crippen molar-refractivity contribution in [2.45, 2.75) is 25.5 Å². The summed E-state index contributed by atoms with van der Waals surface area (Å²) in [5.74, 6) is 0. The van der Waals surface area contributed by atoms with Gasteiger partial charge in [-0.1, -0.05) is 0 Å². The summed E-state index contributed by atoms with van der Waals surface area (Å²) in [4.78, 5) is 7.06. The number of nitrogens with zero attached hydrogens (tertiary/aromatic N) is 2. The van der Waals surface area contributed by atoms with Gasteiger partial charge in [-0.3, -0.25) is 4.90 Å². The van der Waals surface area contributed by atoms with E-state index in [4.69, 9.17) is 0 Å². The van der Waals surface area contributed by atoms with E-state index < -0.39 is 0 Å². The highest BCUT2D eigenvalue weighted by atomic mass is 32.1. The van der Waals surface area contributed by atoms with Gasteiger partial charge in [0.15, 0.2) is 0 Å². The van der Waals surface area contributed by atoms with Crippen molar-refractivity contribution >= 4 is 22.7 Å². The molecule has 1 fully saturated rings. The Hall–Kier alpha value is -0.750. The lowest BCUT2D eigenvalue weighted by Gasteiger charge is -2.28. The maximum Gasteiger partial charge on any atom is 0.124 e. The molecule has 0 unspecified atom stereocenters. The number of aliphatic hydroxyl groups is 1. The van der Waals surface area contributed by atoms with Gasteiger partial charge < -0.3 is 5.11 Å². The van der Waals surface area contributed by atoms with Crippen LogP contribution in [0.25, 0.3) is 10.6 Å². The average molecular weight is 280 g/mol. The predicted molar refractivity (Wildman–Crippen MR) is 75.9 cm³/mol. The summed E-state index contributed by atoms with van der Waals surface area (Å²) >= 11 is 3.42. The zero-order valence-corrected chi connectivity index (χ0v) is 11.7. The van der Waals surface area contributed by atoms with Gasteiger partial charge in [-0.15, -0.1) is 11.3 Å². The summed E-state index contributed by atoms with van der Waals surface area (Å²) in [5, 5.41) is 17.0. The van der Waals surface area contributed by atoms with E-state index in [1.165, 1.54) is 5.56 Å². The maximum absolute atomic E-state index is 9.48. The maximum atomic E-state index is 9.48. The normalized spacial score (nSPS) is 18.3. The molecule has 0 atom stereocenters. The molecule has 0 aromatic carbocycles. The standard InChI is InChI=1S/C13H16N2OS2/c16-12-1-4-15(5-2-12)7-11-9-18-13(14-11)10-3-6-17-8-10/h3,6,8-9,12,16H,1-2,4-5,7H2. The Bertz CT molecular complexity index is 487. The molecule has 0 spiro atoms. The molecule has 1 saturated heterocycles. The number of thiazole rings is 1. The molecule has 0 saturated carbocycles. The lowest BCUT2D eigenvalue weighted by Crippen LogP contribution is -2.35. The minimum atomic E-state index is -0.0990. The third kappa shape index (κ3) is 2.80. The molecule has 5 heteroatoms. The number of aromatic nitrogens is 1. The lowest BCUT2D eigenvalue weighted by molar-refractivity contribution is 0.0787. The second kappa shape index (κ2) is 5.48. The quantitative estimate of drug-likeness (QED) is 0.939. The van der Waals surface area contributed by atoms with Gasteiger partial charge in [0.25, 0.3) is 0 Å². The summed E-state index contributed by atoms with van der Waals surface area (Å²) in [6.07, 6.45) is 1.68. The molecular weight excluding hydrogens is 264 g/mol. The molecule has 0 bridgehead atoms. The Labute approximate surface area is 115 Å². The first-order chi connectivity index (χ1) is 8.81. The first-order valence-corrected chi connectivity index (χ1v) is 8.01. The van der Waals surface area contributed by atoms with Gasteiger partial charge in [-0.05, 0) is 24.3 Å². The predicted octanol–water partition coefficient (Wildman–Crippen LogP) is 2.83. The van der Waals surface area contributed by atoms with Crippen LogP contribution < -0.4 is 0 Å². The van der Waals surface area contributed by atoms with Crippen LogP contribution in [-0.4, -0.2) is 34.2 Å². The number of piperidine rings is 1. The van der Waals surface area contributed by atoms with Crippen LogP contribution in [0.5, 0.6) is 0 Å². The van der Waals surface area contributed by atoms with Crippen LogP contribution in [0.3, 0.4) is 0 Å². The van der Waals surface area contributed by atoms with Crippen molar-refractivity contribution in [3.05, 3.63) is 27.9 Å². The molecule has 18 heavy (non-hydrogen) atoms. The van der Waals surface area contributed by atoms with Crippen molar-refractivity contribution in [2.75, 3.05) is 13.1 Å². The van der Waals surface area contributed by atoms with Crippen molar-refractivity contribution in [1.29, 1.82) is 0 Å².